The SMILES string of the molecule is Cc1nnc(-c2ccc(CNC(=O)CCOCCOCCOCCOCCOCCC(=O)NCCNC(=O)[C@@H](CCC(=O)NCCCCNc3ncnc4c3ncn4C3OC(CSCCC(N)C(=O)O)C(O)C3O)NC(=O)c3ccc(N=Nc4ccc(C5(C(F)(F)F)N=N5)cc4)cc3)cc2)nn1. The third-order valence-electron chi connectivity index (χ3n) is 15.5. The average Bonchev–Trinajstić information content (AvgIpc) is 1.58. The highest BCUT2D eigenvalue weighted by Crippen LogP contribution is 2.52. The number of hydrogen-bond acceptors (Lipinski definition) is 28. The first-order valence-electron chi connectivity index (χ1n) is 32.8. The van der Waals surface area contributed by atoms with Gasteiger partial charge in [-0.15, -0.1) is 30.6 Å². The molecule has 3 aromatic carbocycles. The number of benzene rings is 3. The topological polar surface area (TPSA) is 461 Å². The number of fused-ring (bicyclic) bond motifs is 1. The maximum Gasteiger partial charge on any atom is 0.442 e. The van der Waals surface area contributed by atoms with Crippen LogP contribution in [0, 0.1) is 6.92 Å². The standard InChI is InChI=1S/C64H82F3N19O15S/c1-40-78-82-56(83-79-40)42-6-4-41(5-7-42)36-73-52(89)19-26-97-28-30-99-32-34-100-33-31-98-29-27-96-25-18-51(88)70-23-24-72-60(93)48(77-59(92)43-8-12-45(13-9-43)80-81-46-14-10-44(11-15-46)63(84-85-63)64(65,66)67)16-17-50(87)69-21-2-3-22-71-57-53-58(75-38-74-57)86(39-76-53)61-55(91)54(90)49(101-61)37-102-35-20-47(68)62(94)95/h4-15,38-39,47-49,54-55,61,90-91H,2-3,16-37,68H2,1H3,(H,69,87)(H,70,88)(H,72,93)(H,73,89)(H,77,92)(H,94,95)(H,71,74,75)/t47?,48-,49?,54?,55?,61?/m1/s1. The summed E-state index contributed by atoms with van der Waals surface area (Å²) in [5.41, 5.74) is 5.92. The number of carbonyl (C=O) groups is 6. The van der Waals surface area contributed by atoms with Crippen LogP contribution in [0.1, 0.15) is 78.5 Å². The summed E-state index contributed by atoms with van der Waals surface area (Å²) in [5.74, 6) is -1.27. The number of nitrogens with two attached hydrogens (primary N) is 1. The predicted octanol–water partition coefficient (Wildman–Crippen LogP) is 3.43. The molecule has 0 saturated carbocycles. The Labute approximate surface area is 587 Å². The van der Waals surface area contributed by atoms with Crippen LogP contribution in [0.2, 0.25) is 0 Å². The first-order valence-corrected chi connectivity index (χ1v) is 34.0. The van der Waals surface area contributed by atoms with Crippen molar-refractivity contribution < 1.29 is 85.7 Å². The molecular weight excluding hydrogens is 1360 g/mol. The van der Waals surface area contributed by atoms with Crippen LogP contribution in [-0.4, -0.2) is 231 Å². The Bertz CT molecular complexity index is 3710. The van der Waals surface area contributed by atoms with E-state index in [-0.39, 0.29) is 113 Å². The Kier molecular flexibility index (Phi) is 31.1. The molecule has 1 saturated heterocycles. The molecule has 2 aliphatic rings. The molecule has 550 valence electrons. The third kappa shape index (κ3) is 24.8. The summed E-state index contributed by atoms with van der Waals surface area (Å²) in [6, 6.07) is 16.1. The van der Waals surface area contributed by atoms with Gasteiger partial charge in [-0.1, -0.05) is 36.4 Å². The number of rotatable bonds is 46. The average molecular weight is 1450 g/mol. The lowest BCUT2D eigenvalue weighted by molar-refractivity contribution is -0.166. The summed E-state index contributed by atoms with van der Waals surface area (Å²) < 4.78 is 75.5. The molecular formula is C64H82F3N19O15S. The van der Waals surface area contributed by atoms with Gasteiger partial charge in [-0.3, -0.25) is 33.3 Å². The Morgan fingerprint density at radius 1 is 0.676 bits per heavy atom. The summed E-state index contributed by atoms with van der Waals surface area (Å²) in [6.45, 7) is 5.62. The lowest BCUT2D eigenvalue weighted by Gasteiger charge is -2.19. The Hall–Kier alpha value is -9.25. The number of carboxylic acids is 1. The highest BCUT2D eigenvalue weighted by atomic mass is 32.2. The Morgan fingerprint density at radius 3 is 1.85 bits per heavy atom. The molecule has 5 unspecified atom stereocenters. The van der Waals surface area contributed by atoms with Crippen molar-refractivity contribution in [1.82, 2.24) is 66.5 Å². The van der Waals surface area contributed by atoms with Gasteiger partial charge in [0, 0.05) is 74.4 Å². The lowest BCUT2D eigenvalue weighted by atomic mass is 10.0. The number of aromatic nitrogens is 8. The monoisotopic (exact) mass is 1450 g/mol. The van der Waals surface area contributed by atoms with E-state index >= 15 is 0 Å². The van der Waals surface area contributed by atoms with E-state index in [4.69, 9.17) is 39.3 Å². The maximum atomic E-state index is 13.6. The summed E-state index contributed by atoms with van der Waals surface area (Å²) in [5, 5.41) is 78.1. The number of nitrogens with zero attached hydrogens (tertiary/aromatic N) is 12. The largest absolute Gasteiger partial charge is 0.480 e. The number of aryl methyl sites for hydroxylation is 1. The molecule has 8 rings (SSSR count). The van der Waals surface area contributed by atoms with Crippen LogP contribution >= 0.6 is 11.8 Å². The number of hydrogen-bond donors (Lipinski definition) is 10. The molecule has 6 aromatic rings. The van der Waals surface area contributed by atoms with Crippen molar-refractivity contribution in [1.29, 1.82) is 0 Å². The number of halogens is 3. The lowest BCUT2D eigenvalue weighted by Crippen LogP contribution is -2.48. The van der Waals surface area contributed by atoms with Gasteiger partial charge in [-0.25, -0.2) is 15.0 Å². The first kappa shape index (κ1) is 78.5. The number of aliphatic hydroxyl groups is 2. The second kappa shape index (κ2) is 40.4. The van der Waals surface area contributed by atoms with Gasteiger partial charge in [0.1, 0.15) is 30.6 Å². The van der Waals surface area contributed by atoms with Crippen molar-refractivity contribution in [3.05, 3.63) is 108 Å². The van der Waals surface area contributed by atoms with Crippen LogP contribution in [0.15, 0.2) is 106 Å². The van der Waals surface area contributed by atoms with Crippen LogP contribution in [0.3, 0.4) is 0 Å². The molecule has 11 N–H and O–H groups in total. The van der Waals surface area contributed by atoms with Crippen molar-refractivity contribution in [2.45, 2.75) is 107 Å². The zero-order valence-electron chi connectivity index (χ0n) is 55.7. The minimum atomic E-state index is -4.68. The molecule has 0 bridgehead atoms. The summed E-state index contributed by atoms with van der Waals surface area (Å²) in [6.07, 6.45) is -4.98. The fourth-order valence-electron chi connectivity index (χ4n) is 9.72. The fraction of sp³-hybridized carbons (Fsp3) is 0.516. The van der Waals surface area contributed by atoms with Gasteiger partial charge < -0.3 is 81.4 Å². The van der Waals surface area contributed by atoms with Gasteiger partial charge in [0.15, 0.2) is 29.0 Å². The third-order valence-corrected chi connectivity index (χ3v) is 16.6. The zero-order valence-corrected chi connectivity index (χ0v) is 56.6. The number of imidazole rings is 1. The van der Waals surface area contributed by atoms with E-state index in [2.05, 4.69) is 87.7 Å². The molecule has 0 aliphatic carbocycles. The smallest absolute Gasteiger partial charge is 0.442 e. The van der Waals surface area contributed by atoms with Crippen molar-refractivity contribution in [3.8, 4) is 11.4 Å². The van der Waals surface area contributed by atoms with Crippen LogP contribution in [-0.2, 0) is 64.6 Å². The summed E-state index contributed by atoms with van der Waals surface area (Å²) >= 11 is 1.34. The molecule has 0 radical (unpaired) electrons. The number of thioether (sulfide) groups is 1. The minimum Gasteiger partial charge on any atom is -0.480 e. The normalized spacial score (nSPS) is 16.7. The number of azo groups is 1. The Morgan fingerprint density at radius 2 is 1.25 bits per heavy atom. The van der Waals surface area contributed by atoms with Gasteiger partial charge >= 0.3 is 17.8 Å². The predicted molar refractivity (Wildman–Crippen MR) is 359 cm³/mol. The number of aliphatic carboxylic acids is 1. The molecule has 5 heterocycles. The number of alkyl halides is 3. The highest BCUT2D eigenvalue weighted by molar-refractivity contribution is 7.99. The Balaban J connectivity index is 0.681. The number of carbonyl (C=O) groups excluding carboxylic acids is 5. The molecule has 6 atom stereocenters. The van der Waals surface area contributed by atoms with Crippen LogP contribution in [0.4, 0.5) is 30.4 Å². The van der Waals surface area contributed by atoms with Crippen molar-refractivity contribution >= 4 is 75.6 Å². The van der Waals surface area contributed by atoms with E-state index in [1.807, 2.05) is 24.3 Å². The van der Waals surface area contributed by atoms with E-state index in [0.717, 1.165) is 11.1 Å². The molecule has 38 heteroatoms. The number of anilines is 1. The number of unbranched alkanes of at least 4 members (excludes halogenated alkanes) is 1. The van der Waals surface area contributed by atoms with Crippen LogP contribution < -0.4 is 37.6 Å². The molecule has 5 amide bonds. The van der Waals surface area contributed by atoms with Gasteiger partial charge in [-0.05, 0) is 80.3 Å². The number of ether oxygens (including phenoxy) is 6. The minimum absolute atomic E-state index is 0.0177. The summed E-state index contributed by atoms with van der Waals surface area (Å²) in [7, 11) is 0. The van der Waals surface area contributed by atoms with E-state index in [1.165, 1.54) is 77.5 Å². The van der Waals surface area contributed by atoms with Crippen molar-refractivity contribution in [2.24, 2.45) is 26.2 Å². The van der Waals surface area contributed by atoms with Crippen LogP contribution in [0.5, 0.6) is 0 Å². The van der Waals surface area contributed by atoms with E-state index in [1.54, 1.807) is 6.92 Å². The molecule has 102 heavy (non-hydrogen) atoms. The fourth-order valence-corrected chi connectivity index (χ4v) is 10.8. The van der Waals surface area contributed by atoms with Crippen molar-refractivity contribution in [3.63, 3.8) is 0 Å². The van der Waals surface area contributed by atoms with Gasteiger partial charge in [0.05, 0.1) is 89.9 Å². The van der Waals surface area contributed by atoms with Gasteiger partial charge in [0.25, 0.3) is 5.91 Å². The summed E-state index contributed by atoms with van der Waals surface area (Å²) in [4.78, 5) is 89.3. The number of carboxylic acid groups (broad SMARTS) is 1. The number of aliphatic hydroxyl groups excluding tert-OH is 2. The molecule has 34 nitrogen and oxygen atoms in total. The molecule has 0 spiro atoms. The van der Waals surface area contributed by atoms with E-state index in [0.29, 0.717) is 106 Å². The second-order valence-corrected chi connectivity index (χ2v) is 24.2. The highest BCUT2D eigenvalue weighted by Gasteiger charge is 2.65. The van der Waals surface area contributed by atoms with Crippen molar-refractivity contribution in [2.75, 3.05) is 109 Å². The quantitative estimate of drug-likeness (QED) is 0.0193. The zero-order chi connectivity index (χ0) is 72.7. The molecule has 1 fully saturated rings. The molecule has 2 aliphatic heterocycles. The molecule has 3 aromatic heterocycles. The second-order valence-electron chi connectivity index (χ2n) is 23.1. The maximum absolute atomic E-state index is 13.6. The van der Waals surface area contributed by atoms with E-state index in [9.17, 15) is 52.2 Å². The van der Waals surface area contributed by atoms with Gasteiger partial charge in [0.2, 0.25) is 29.5 Å². The van der Waals surface area contributed by atoms with Crippen LogP contribution in [0.25, 0.3) is 22.6 Å². The first-order chi connectivity index (χ1) is 49.3. The van der Waals surface area contributed by atoms with Gasteiger partial charge in [-0.2, -0.15) is 35.2 Å². The van der Waals surface area contributed by atoms with E-state index < -0.39 is 72.2 Å². The number of nitrogens with one attached hydrogen (secondary N) is 6. The number of amides is 5.